The normalized spacial score (nSPS) is 7.79. The molecule has 0 aliphatic carbocycles. The zero-order valence-electron chi connectivity index (χ0n) is 26.5. The second-order valence-corrected chi connectivity index (χ2v) is 6.06. The number of allylic oxidation sites excluding steroid dienone is 2. The third kappa shape index (κ3) is 58.2. The van der Waals surface area contributed by atoms with Crippen LogP contribution in [0.1, 0.15) is 128 Å². The van der Waals surface area contributed by atoms with Gasteiger partial charge in [-0.3, -0.25) is 6.58 Å². The summed E-state index contributed by atoms with van der Waals surface area (Å²) >= 11 is 0. The summed E-state index contributed by atoms with van der Waals surface area (Å²) in [6.45, 7) is 32.0. The van der Waals surface area contributed by atoms with Crippen LogP contribution in [0.5, 0.6) is 5.75 Å². The smallest absolute Gasteiger partial charge is 0.507 e. The number of benzene rings is 1. The van der Waals surface area contributed by atoms with Crippen LogP contribution in [0, 0.1) is 26.2 Å². The predicted molar refractivity (Wildman–Crippen MR) is 157 cm³/mol. The summed E-state index contributed by atoms with van der Waals surface area (Å²) < 4.78 is 18.6. The fraction of sp³-hybridized carbons (Fsp3) is 0.645. The molecule has 0 spiro atoms. The first-order valence-electron chi connectivity index (χ1n) is 12.8. The molecule has 0 unspecified atom stereocenters. The Morgan fingerprint density at radius 2 is 1.32 bits per heavy atom. The van der Waals surface area contributed by atoms with Crippen LogP contribution in [-0.4, -0.2) is 6.61 Å². The molecule has 1 rings (SSSR count). The van der Waals surface area contributed by atoms with Crippen molar-refractivity contribution in [1.82, 2.24) is 0 Å². The fourth-order valence-corrected chi connectivity index (χ4v) is 1.35. The summed E-state index contributed by atoms with van der Waals surface area (Å²) in [6.07, 6.45) is 11.2. The van der Waals surface area contributed by atoms with Gasteiger partial charge in [0.1, 0.15) is 6.61 Å². The summed E-state index contributed by atoms with van der Waals surface area (Å²) in [6, 6.07) is 4.97. The Labute approximate surface area is 260 Å². The molecule has 0 atom stereocenters. The molecule has 0 aliphatic rings. The Kier molecular flexibility index (Phi) is 94.7. The summed E-state index contributed by atoms with van der Waals surface area (Å²) in [5.74, 6) is 0.0192. The maximum atomic E-state index is 13.3. The van der Waals surface area contributed by atoms with Gasteiger partial charge in [-0.1, -0.05) is 113 Å². The predicted octanol–water partition coefficient (Wildman–Crippen LogP) is 9.01. The Morgan fingerprint density at radius 3 is 1.56 bits per heavy atom. The van der Waals surface area contributed by atoms with Gasteiger partial charge >= 0.3 is 51.4 Å². The zero-order chi connectivity index (χ0) is 26.8. The molecule has 0 aliphatic heterocycles. The van der Waals surface area contributed by atoms with Crippen LogP contribution in [0.15, 0.2) is 36.4 Å². The summed E-state index contributed by atoms with van der Waals surface area (Å²) in [5, 5.41) is 0. The molecule has 0 amide bonds. The van der Waals surface area contributed by atoms with Crippen LogP contribution >= 0.6 is 0 Å². The van der Waals surface area contributed by atoms with E-state index in [0.29, 0.717) is 12.4 Å². The molecule has 0 N–H and O–H groups in total. The molecule has 34 heavy (non-hydrogen) atoms. The van der Waals surface area contributed by atoms with Crippen LogP contribution < -0.4 is 56.1 Å². The van der Waals surface area contributed by atoms with Crippen LogP contribution in [-0.2, 0) is 0 Å². The minimum absolute atomic E-state index is 0. The molecule has 0 fully saturated rings. The molecule has 1 aromatic carbocycles. The van der Waals surface area contributed by atoms with Crippen LogP contribution in [0.25, 0.3) is 0 Å². The quantitative estimate of drug-likeness (QED) is 0.211. The van der Waals surface area contributed by atoms with Gasteiger partial charge in [0.15, 0.2) is 11.6 Å². The number of hydrogen-bond donors (Lipinski definition) is 0. The Morgan fingerprint density at radius 1 is 0.941 bits per heavy atom. The minimum Gasteiger partial charge on any atom is -0.507 e. The molecular formula is C31H63FKO-. The van der Waals surface area contributed by atoms with E-state index >= 15 is 0 Å². The van der Waals surface area contributed by atoms with Crippen LogP contribution in [0.4, 0.5) is 4.39 Å². The van der Waals surface area contributed by atoms with Crippen molar-refractivity contribution in [3.63, 3.8) is 0 Å². The van der Waals surface area contributed by atoms with Crippen molar-refractivity contribution in [3.05, 3.63) is 61.3 Å². The molecule has 0 bridgehead atoms. The largest absolute Gasteiger partial charge is 1.00 e. The monoisotopic (exact) mass is 509 g/mol. The standard InChI is InChI=1S/C12H15FO.C5H12.C4H10.C3H5.3C2H6.CH3.K/c1-4-9(2)8-14-12-6-5-10(3)7-11(12)13;1-3-5-4-2;1-3-4-2;1-3-2;3*1-2;;/h4-7H,8H2,1-3H3;3-5H2,1-2H3;3-4H2,1-2H3;1H2,2H3;3*1-2H3;1H3;/q;;;-1;;;;-1;+1/b9-4+;;;;;;;;. The van der Waals surface area contributed by atoms with Crippen LogP contribution in [0.3, 0.4) is 0 Å². The van der Waals surface area contributed by atoms with Gasteiger partial charge in [-0.15, -0.1) is 0 Å². The van der Waals surface area contributed by atoms with Crippen molar-refractivity contribution in [2.45, 2.75) is 129 Å². The SMILES string of the molecule is C/C=C(\C)COc1ccc(C)cc1F.C=[C-]C.CC.CC.CC.CCCC.CCCCC.[CH3-].[K+]. The maximum absolute atomic E-state index is 13.3. The number of ether oxygens (including phenoxy) is 1. The zero-order valence-corrected chi connectivity index (χ0v) is 29.7. The first kappa shape index (κ1) is 54.8. The van der Waals surface area contributed by atoms with Crippen LogP contribution in [0.2, 0.25) is 0 Å². The molecule has 3 heteroatoms. The third-order valence-corrected chi connectivity index (χ3v) is 3.24. The molecule has 0 saturated heterocycles. The fourth-order valence-electron chi connectivity index (χ4n) is 1.35. The molecular weight excluding hydrogens is 446 g/mol. The summed E-state index contributed by atoms with van der Waals surface area (Å²) in [7, 11) is 0. The average Bonchev–Trinajstić information content (AvgIpc) is 2.84. The van der Waals surface area contributed by atoms with Crippen molar-refractivity contribution in [1.29, 1.82) is 0 Å². The van der Waals surface area contributed by atoms with Gasteiger partial charge < -0.3 is 18.2 Å². The van der Waals surface area contributed by atoms with E-state index < -0.39 is 0 Å². The van der Waals surface area contributed by atoms with E-state index in [1.807, 2.05) is 74.5 Å². The van der Waals surface area contributed by atoms with Gasteiger partial charge in [0.2, 0.25) is 0 Å². The van der Waals surface area contributed by atoms with Crippen molar-refractivity contribution >= 4 is 0 Å². The summed E-state index contributed by atoms with van der Waals surface area (Å²) in [5.41, 5.74) is 1.99. The first-order chi connectivity index (χ1) is 15.4. The van der Waals surface area contributed by atoms with Crippen molar-refractivity contribution in [3.8, 4) is 5.75 Å². The van der Waals surface area contributed by atoms with E-state index in [1.54, 1.807) is 13.0 Å². The molecule has 0 aromatic heterocycles. The number of unbranched alkanes of at least 4 members (excludes halogenated alkanes) is 3. The number of hydrogen-bond acceptors (Lipinski definition) is 1. The number of rotatable bonds is 6. The van der Waals surface area contributed by atoms with E-state index in [4.69, 9.17) is 4.74 Å². The maximum Gasteiger partial charge on any atom is 1.00 e. The van der Waals surface area contributed by atoms with E-state index in [9.17, 15) is 4.39 Å². The van der Waals surface area contributed by atoms with Gasteiger partial charge in [0.25, 0.3) is 0 Å². The summed E-state index contributed by atoms with van der Waals surface area (Å²) in [4.78, 5) is 0. The molecule has 0 radical (unpaired) electrons. The van der Waals surface area contributed by atoms with Crippen molar-refractivity contribution in [2.24, 2.45) is 0 Å². The van der Waals surface area contributed by atoms with Gasteiger partial charge in [0.05, 0.1) is 0 Å². The van der Waals surface area contributed by atoms with Crippen molar-refractivity contribution < 1.29 is 60.5 Å². The van der Waals surface area contributed by atoms with E-state index in [0.717, 1.165) is 11.1 Å². The molecule has 1 aromatic rings. The van der Waals surface area contributed by atoms with E-state index in [1.165, 1.54) is 38.2 Å². The topological polar surface area (TPSA) is 9.23 Å². The van der Waals surface area contributed by atoms with Gasteiger partial charge in [-0.05, 0) is 44.0 Å². The number of aryl methyl sites for hydroxylation is 1. The molecule has 0 heterocycles. The molecule has 202 valence electrons. The Bertz CT molecular complexity index is 453. The molecule has 0 saturated carbocycles. The second kappa shape index (κ2) is 58.7. The Balaban J connectivity index is -0.0000000475. The van der Waals surface area contributed by atoms with Gasteiger partial charge in [0, 0.05) is 0 Å². The van der Waals surface area contributed by atoms with Gasteiger partial charge in [-0.2, -0.15) is 6.92 Å². The second-order valence-electron chi connectivity index (χ2n) is 6.06. The Hall–Kier alpha value is 0.0664. The van der Waals surface area contributed by atoms with E-state index in [2.05, 4.69) is 40.3 Å². The van der Waals surface area contributed by atoms with E-state index in [-0.39, 0.29) is 64.6 Å². The van der Waals surface area contributed by atoms with Gasteiger partial charge in [-0.25, -0.2) is 4.39 Å². The minimum atomic E-state index is -0.297. The van der Waals surface area contributed by atoms with Crippen molar-refractivity contribution in [2.75, 3.05) is 6.61 Å². The third-order valence-electron chi connectivity index (χ3n) is 3.24. The molecule has 1 nitrogen and oxygen atoms in total. The first-order valence-corrected chi connectivity index (χ1v) is 12.8. The average molecular weight is 510 g/mol. The number of halogens is 1.